The van der Waals surface area contributed by atoms with Gasteiger partial charge in [-0.05, 0) is 24.3 Å². The Morgan fingerprint density at radius 2 is 1.79 bits per heavy atom. The summed E-state index contributed by atoms with van der Waals surface area (Å²) in [4.78, 5) is 20.0. The molecule has 6 nitrogen and oxygen atoms in total. The summed E-state index contributed by atoms with van der Waals surface area (Å²) in [6.07, 6.45) is -2.20. The lowest BCUT2D eigenvalue weighted by atomic mass is 10.2. The molecule has 3 aromatic rings. The van der Waals surface area contributed by atoms with E-state index in [0.29, 0.717) is 18.0 Å². The van der Waals surface area contributed by atoms with Crippen molar-refractivity contribution >= 4 is 44.4 Å². The molecule has 0 saturated carbocycles. The zero-order chi connectivity index (χ0) is 21.4. The van der Waals surface area contributed by atoms with Crippen LogP contribution in [0.1, 0.15) is 15.2 Å². The van der Waals surface area contributed by atoms with Gasteiger partial charge in [0.25, 0.3) is 5.91 Å². The number of hydrogen-bond acceptors (Lipinski definition) is 6. The first-order valence-corrected chi connectivity index (χ1v) is 10.9. The molecule has 1 amide bonds. The topological polar surface area (TPSA) is 89.0 Å². The van der Waals surface area contributed by atoms with Gasteiger partial charge in [0, 0.05) is 40.3 Å². The molecular formula is C17H11ClF3N3O3S2. The summed E-state index contributed by atoms with van der Waals surface area (Å²) >= 11 is 6.93. The monoisotopic (exact) mass is 461 g/mol. The first-order chi connectivity index (χ1) is 13.4. The molecule has 29 heavy (non-hydrogen) atoms. The van der Waals surface area contributed by atoms with Crippen LogP contribution < -0.4 is 5.32 Å². The number of hydrogen-bond donors (Lipinski definition) is 1. The number of amides is 1. The van der Waals surface area contributed by atoms with Crippen LogP contribution in [-0.4, -0.2) is 30.5 Å². The summed E-state index contributed by atoms with van der Waals surface area (Å²) in [7, 11) is -3.52. The third-order valence-electron chi connectivity index (χ3n) is 3.62. The molecule has 2 heterocycles. The number of halogens is 4. The quantitative estimate of drug-likeness (QED) is 0.616. The lowest BCUT2D eigenvalue weighted by Gasteiger charge is -2.07. The first-order valence-electron chi connectivity index (χ1n) is 7.73. The van der Waals surface area contributed by atoms with E-state index in [4.69, 9.17) is 11.6 Å². The Morgan fingerprint density at radius 3 is 2.38 bits per heavy atom. The molecule has 1 N–H and O–H groups in total. The molecule has 0 aliphatic carbocycles. The van der Waals surface area contributed by atoms with Crippen LogP contribution in [0.3, 0.4) is 0 Å². The van der Waals surface area contributed by atoms with Crippen molar-refractivity contribution in [2.75, 3.05) is 11.6 Å². The van der Waals surface area contributed by atoms with Gasteiger partial charge in [0.2, 0.25) is 0 Å². The standard InChI is InChI=1S/C17H11ClF3N3O3S2/c1-29(26,27)13-4-11(18)3-12(5-13)24-16(25)14-2-9(8-28-14)15-22-6-10(7-23-15)17(19,20)21/h2-8H,1H3,(H,24,25). The van der Waals surface area contributed by atoms with Crippen molar-refractivity contribution in [2.24, 2.45) is 0 Å². The van der Waals surface area contributed by atoms with Crippen LogP contribution in [0.5, 0.6) is 0 Å². The van der Waals surface area contributed by atoms with Gasteiger partial charge in [-0.3, -0.25) is 4.79 Å². The number of aromatic nitrogens is 2. The van der Waals surface area contributed by atoms with Crippen molar-refractivity contribution in [3.63, 3.8) is 0 Å². The average Bonchev–Trinajstić information content (AvgIpc) is 3.10. The number of thiophene rings is 1. The van der Waals surface area contributed by atoms with Crippen molar-refractivity contribution in [3.05, 3.63) is 57.5 Å². The Balaban J connectivity index is 1.81. The summed E-state index contributed by atoms with van der Waals surface area (Å²) in [6, 6.07) is 5.34. The predicted octanol–water partition coefficient (Wildman–Crippen LogP) is 4.53. The highest BCUT2D eigenvalue weighted by Crippen LogP contribution is 2.30. The highest BCUT2D eigenvalue weighted by molar-refractivity contribution is 7.90. The van der Waals surface area contributed by atoms with E-state index >= 15 is 0 Å². The van der Waals surface area contributed by atoms with Crippen LogP contribution in [0.15, 0.2) is 46.9 Å². The minimum absolute atomic E-state index is 0.0374. The van der Waals surface area contributed by atoms with Gasteiger partial charge in [-0.15, -0.1) is 11.3 Å². The first kappa shape index (κ1) is 21.2. The summed E-state index contributed by atoms with van der Waals surface area (Å²) in [5.41, 5.74) is -0.419. The van der Waals surface area contributed by atoms with Gasteiger partial charge >= 0.3 is 6.18 Å². The Kier molecular flexibility index (Phi) is 5.65. The second kappa shape index (κ2) is 7.73. The number of sulfone groups is 1. The number of nitrogens with one attached hydrogen (secondary N) is 1. The van der Waals surface area contributed by atoms with Gasteiger partial charge in [-0.2, -0.15) is 13.2 Å². The maximum absolute atomic E-state index is 12.6. The zero-order valence-electron chi connectivity index (χ0n) is 14.5. The molecule has 0 bridgehead atoms. The van der Waals surface area contributed by atoms with E-state index in [1.807, 2.05) is 0 Å². The largest absolute Gasteiger partial charge is 0.419 e. The van der Waals surface area contributed by atoms with Crippen molar-refractivity contribution in [1.29, 1.82) is 0 Å². The minimum Gasteiger partial charge on any atom is -0.321 e. The second-order valence-electron chi connectivity index (χ2n) is 5.89. The fourth-order valence-electron chi connectivity index (χ4n) is 2.24. The molecule has 0 aliphatic heterocycles. The van der Waals surface area contributed by atoms with E-state index in [9.17, 15) is 26.4 Å². The SMILES string of the molecule is CS(=O)(=O)c1cc(Cl)cc(NC(=O)c2cc(-c3ncc(C(F)(F)F)cn3)cs2)c1. The predicted molar refractivity (Wildman–Crippen MR) is 103 cm³/mol. The van der Waals surface area contributed by atoms with E-state index in [-0.39, 0.29) is 26.3 Å². The third-order valence-corrected chi connectivity index (χ3v) is 5.86. The third kappa shape index (κ3) is 5.11. The molecule has 152 valence electrons. The van der Waals surface area contributed by atoms with Crippen LogP contribution >= 0.6 is 22.9 Å². The molecule has 1 aromatic carbocycles. The lowest BCUT2D eigenvalue weighted by molar-refractivity contribution is -0.138. The van der Waals surface area contributed by atoms with Gasteiger partial charge in [0.1, 0.15) is 0 Å². The fraction of sp³-hybridized carbons (Fsp3) is 0.118. The van der Waals surface area contributed by atoms with Gasteiger partial charge in [0.15, 0.2) is 15.7 Å². The molecule has 0 unspecified atom stereocenters. The molecule has 0 saturated heterocycles. The Labute approximate surface area is 172 Å². The molecule has 3 rings (SSSR count). The molecule has 12 heteroatoms. The Bertz CT molecular complexity index is 1180. The van der Waals surface area contributed by atoms with Crippen LogP contribution in [-0.2, 0) is 16.0 Å². The lowest BCUT2D eigenvalue weighted by Crippen LogP contribution is -2.11. The summed E-state index contributed by atoms with van der Waals surface area (Å²) in [6.45, 7) is 0. The van der Waals surface area contributed by atoms with Crippen molar-refractivity contribution in [1.82, 2.24) is 9.97 Å². The summed E-state index contributed by atoms with van der Waals surface area (Å²) in [5.74, 6) is -0.509. The van der Waals surface area contributed by atoms with Gasteiger partial charge in [-0.1, -0.05) is 11.6 Å². The van der Waals surface area contributed by atoms with Crippen molar-refractivity contribution < 1.29 is 26.4 Å². The molecule has 0 atom stereocenters. The molecular weight excluding hydrogens is 451 g/mol. The Hall–Kier alpha value is -2.50. The maximum Gasteiger partial charge on any atom is 0.419 e. The number of rotatable bonds is 4. The summed E-state index contributed by atoms with van der Waals surface area (Å²) in [5, 5.41) is 4.20. The van der Waals surface area contributed by atoms with Crippen LogP contribution in [0.2, 0.25) is 5.02 Å². The highest BCUT2D eigenvalue weighted by Gasteiger charge is 2.31. The average molecular weight is 462 g/mol. The van der Waals surface area contributed by atoms with Crippen LogP contribution in [0.4, 0.5) is 18.9 Å². The molecule has 0 aliphatic rings. The molecule has 2 aromatic heterocycles. The zero-order valence-corrected chi connectivity index (χ0v) is 16.9. The highest BCUT2D eigenvalue weighted by atomic mass is 35.5. The van der Waals surface area contributed by atoms with E-state index in [0.717, 1.165) is 17.6 Å². The van der Waals surface area contributed by atoms with Gasteiger partial charge < -0.3 is 5.32 Å². The molecule has 0 spiro atoms. The summed E-state index contributed by atoms with van der Waals surface area (Å²) < 4.78 is 61.1. The van der Waals surface area contributed by atoms with E-state index < -0.39 is 27.5 Å². The van der Waals surface area contributed by atoms with Crippen molar-refractivity contribution in [3.8, 4) is 11.4 Å². The maximum atomic E-state index is 12.6. The van der Waals surface area contributed by atoms with Crippen LogP contribution in [0.25, 0.3) is 11.4 Å². The fourth-order valence-corrected chi connectivity index (χ4v) is 4.00. The number of carbonyl (C=O) groups excluding carboxylic acids is 1. The number of alkyl halides is 3. The van der Waals surface area contributed by atoms with Crippen LogP contribution in [0, 0.1) is 0 Å². The van der Waals surface area contributed by atoms with Gasteiger partial charge in [0.05, 0.1) is 15.3 Å². The normalized spacial score (nSPS) is 12.0. The second-order valence-corrected chi connectivity index (χ2v) is 9.26. The number of nitrogens with zero attached hydrogens (tertiary/aromatic N) is 2. The van der Waals surface area contributed by atoms with E-state index in [1.165, 1.54) is 29.6 Å². The minimum atomic E-state index is -4.54. The molecule has 0 radical (unpaired) electrons. The number of anilines is 1. The number of carbonyl (C=O) groups is 1. The number of benzene rings is 1. The van der Waals surface area contributed by atoms with Gasteiger partial charge in [-0.25, -0.2) is 18.4 Å². The van der Waals surface area contributed by atoms with E-state index in [1.54, 1.807) is 0 Å². The smallest absolute Gasteiger partial charge is 0.321 e. The Morgan fingerprint density at radius 1 is 1.14 bits per heavy atom. The van der Waals surface area contributed by atoms with E-state index in [2.05, 4.69) is 15.3 Å². The molecule has 0 fully saturated rings. The van der Waals surface area contributed by atoms with Crippen molar-refractivity contribution in [2.45, 2.75) is 11.1 Å².